The molecule has 1 aromatic carbocycles. The standard InChI is InChI=1S/C13H20N2O3S/c1-18-13-5-3-4-12(10-13)11-14-6-8-15(9-7-14)19(2,16)17/h3-5,10H,6-9,11H2,1-2H3/p+1. The van der Waals surface area contributed by atoms with Crippen molar-refractivity contribution in [1.82, 2.24) is 4.31 Å². The van der Waals surface area contributed by atoms with Gasteiger partial charge in [0.25, 0.3) is 0 Å². The van der Waals surface area contributed by atoms with Crippen molar-refractivity contribution in [3.05, 3.63) is 29.8 Å². The number of nitrogens with one attached hydrogen (secondary N) is 1. The highest BCUT2D eigenvalue weighted by Crippen LogP contribution is 2.11. The van der Waals surface area contributed by atoms with Crippen LogP contribution in [0.2, 0.25) is 0 Å². The smallest absolute Gasteiger partial charge is 0.211 e. The first-order chi connectivity index (χ1) is 8.99. The summed E-state index contributed by atoms with van der Waals surface area (Å²) >= 11 is 0. The predicted octanol–water partition coefficient (Wildman–Crippen LogP) is -0.645. The Morgan fingerprint density at radius 1 is 1.32 bits per heavy atom. The van der Waals surface area contributed by atoms with Crippen LogP contribution >= 0.6 is 0 Å². The maximum Gasteiger partial charge on any atom is 0.211 e. The molecule has 1 aliphatic rings. The summed E-state index contributed by atoms with van der Waals surface area (Å²) in [6.45, 7) is 3.83. The molecule has 1 fully saturated rings. The Labute approximate surface area is 114 Å². The number of ether oxygens (including phenoxy) is 1. The summed E-state index contributed by atoms with van der Waals surface area (Å²) in [4.78, 5) is 1.41. The highest BCUT2D eigenvalue weighted by atomic mass is 32.2. The lowest BCUT2D eigenvalue weighted by molar-refractivity contribution is -0.917. The van der Waals surface area contributed by atoms with Gasteiger partial charge in [-0.25, -0.2) is 8.42 Å². The van der Waals surface area contributed by atoms with Crippen LogP contribution < -0.4 is 9.64 Å². The molecule has 0 amide bonds. The summed E-state index contributed by atoms with van der Waals surface area (Å²) in [6.07, 6.45) is 1.28. The second kappa shape index (κ2) is 5.90. The van der Waals surface area contributed by atoms with E-state index in [-0.39, 0.29) is 0 Å². The molecule has 19 heavy (non-hydrogen) atoms. The van der Waals surface area contributed by atoms with Crippen LogP contribution in [-0.2, 0) is 16.6 Å². The molecule has 0 bridgehead atoms. The first kappa shape index (κ1) is 14.3. The number of hydrogen-bond donors (Lipinski definition) is 1. The number of nitrogens with zero attached hydrogens (tertiary/aromatic N) is 1. The van der Waals surface area contributed by atoms with Crippen LogP contribution in [0, 0.1) is 0 Å². The quantitative estimate of drug-likeness (QED) is 0.800. The summed E-state index contributed by atoms with van der Waals surface area (Å²) in [7, 11) is -1.37. The third-order valence-corrected chi connectivity index (χ3v) is 4.79. The average molecular weight is 285 g/mol. The van der Waals surface area contributed by atoms with E-state index >= 15 is 0 Å². The van der Waals surface area contributed by atoms with Crippen molar-refractivity contribution in [3.63, 3.8) is 0 Å². The molecule has 0 atom stereocenters. The van der Waals surface area contributed by atoms with Gasteiger partial charge in [-0.05, 0) is 12.1 Å². The number of sulfonamides is 1. The van der Waals surface area contributed by atoms with Crippen molar-refractivity contribution in [2.45, 2.75) is 6.54 Å². The maximum atomic E-state index is 11.4. The largest absolute Gasteiger partial charge is 0.497 e. The molecular formula is C13H21N2O3S+. The van der Waals surface area contributed by atoms with E-state index in [0.29, 0.717) is 13.1 Å². The molecule has 6 heteroatoms. The summed E-state index contributed by atoms with van der Waals surface area (Å²) < 4.78 is 29.6. The highest BCUT2D eigenvalue weighted by Gasteiger charge is 2.25. The van der Waals surface area contributed by atoms with E-state index in [2.05, 4.69) is 6.07 Å². The van der Waals surface area contributed by atoms with E-state index in [1.807, 2.05) is 18.2 Å². The zero-order valence-electron chi connectivity index (χ0n) is 11.4. The fraction of sp³-hybridized carbons (Fsp3) is 0.538. The van der Waals surface area contributed by atoms with E-state index < -0.39 is 10.0 Å². The van der Waals surface area contributed by atoms with E-state index in [1.54, 1.807) is 11.4 Å². The summed E-state index contributed by atoms with van der Waals surface area (Å²) in [5, 5.41) is 0. The van der Waals surface area contributed by atoms with Gasteiger partial charge in [-0.2, -0.15) is 4.31 Å². The summed E-state index contributed by atoms with van der Waals surface area (Å²) in [6, 6.07) is 8.04. The molecule has 0 aromatic heterocycles. The lowest BCUT2D eigenvalue weighted by atomic mass is 10.2. The van der Waals surface area contributed by atoms with Gasteiger partial charge in [-0.3, -0.25) is 0 Å². The third kappa shape index (κ3) is 3.92. The van der Waals surface area contributed by atoms with E-state index in [1.165, 1.54) is 16.7 Å². The SMILES string of the molecule is COc1cccc(C[NH+]2CCN(S(C)(=O)=O)CC2)c1. The van der Waals surface area contributed by atoms with Crippen molar-refractivity contribution < 1.29 is 18.1 Å². The number of quaternary nitrogens is 1. The Morgan fingerprint density at radius 3 is 2.58 bits per heavy atom. The molecule has 1 aliphatic heterocycles. The second-order valence-electron chi connectivity index (χ2n) is 4.94. The first-order valence-electron chi connectivity index (χ1n) is 6.40. The molecule has 5 nitrogen and oxygen atoms in total. The summed E-state index contributed by atoms with van der Waals surface area (Å²) in [5.41, 5.74) is 1.22. The van der Waals surface area contributed by atoms with Crippen molar-refractivity contribution in [2.75, 3.05) is 39.5 Å². The van der Waals surface area contributed by atoms with E-state index in [4.69, 9.17) is 4.74 Å². The third-order valence-electron chi connectivity index (χ3n) is 3.49. The van der Waals surface area contributed by atoms with Crippen LogP contribution in [0.1, 0.15) is 5.56 Å². The predicted molar refractivity (Wildman–Crippen MR) is 73.8 cm³/mol. The van der Waals surface area contributed by atoms with Crippen molar-refractivity contribution in [1.29, 1.82) is 0 Å². The van der Waals surface area contributed by atoms with Crippen LogP contribution in [0.25, 0.3) is 0 Å². The number of piperazine rings is 1. The lowest BCUT2D eigenvalue weighted by Gasteiger charge is -2.30. The van der Waals surface area contributed by atoms with Crippen molar-refractivity contribution in [2.24, 2.45) is 0 Å². The minimum absolute atomic E-state index is 0.609. The Balaban J connectivity index is 1.92. The number of rotatable bonds is 4. The number of benzene rings is 1. The van der Waals surface area contributed by atoms with E-state index in [9.17, 15) is 8.42 Å². The minimum Gasteiger partial charge on any atom is -0.497 e. The average Bonchev–Trinajstić information content (AvgIpc) is 2.38. The highest BCUT2D eigenvalue weighted by molar-refractivity contribution is 7.88. The molecule has 0 spiro atoms. The molecule has 0 radical (unpaired) electrons. The Hall–Kier alpha value is -1.11. The van der Waals surface area contributed by atoms with Gasteiger partial charge in [0, 0.05) is 5.56 Å². The maximum absolute atomic E-state index is 11.4. The van der Waals surface area contributed by atoms with Gasteiger partial charge in [0.15, 0.2) is 0 Å². The molecule has 106 valence electrons. The number of hydrogen-bond acceptors (Lipinski definition) is 3. The van der Waals surface area contributed by atoms with Crippen molar-refractivity contribution in [3.8, 4) is 5.75 Å². The molecule has 0 saturated carbocycles. The van der Waals surface area contributed by atoms with Gasteiger partial charge in [-0.15, -0.1) is 0 Å². The fourth-order valence-electron chi connectivity index (χ4n) is 2.38. The van der Waals surface area contributed by atoms with Gasteiger partial charge in [-0.1, -0.05) is 12.1 Å². The van der Waals surface area contributed by atoms with Crippen LogP contribution in [0.15, 0.2) is 24.3 Å². The zero-order valence-corrected chi connectivity index (χ0v) is 12.2. The number of methoxy groups -OCH3 is 1. The van der Waals surface area contributed by atoms with Gasteiger partial charge >= 0.3 is 0 Å². The fourth-order valence-corrected chi connectivity index (χ4v) is 3.23. The first-order valence-corrected chi connectivity index (χ1v) is 8.25. The molecule has 1 aromatic rings. The zero-order chi connectivity index (χ0) is 13.9. The topological polar surface area (TPSA) is 51.1 Å². The monoisotopic (exact) mass is 285 g/mol. The van der Waals surface area contributed by atoms with Gasteiger partial charge in [0.05, 0.1) is 39.5 Å². The van der Waals surface area contributed by atoms with E-state index in [0.717, 1.165) is 25.4 Å². The molecule has 1 heterocycles. The molecule has 1 saturated heterocycles. The van der Waals surface area contributed by atoms with Gasteiger partial charge in [0.1, 0.15) is 12.3 Å². The molecule has 0 unspecified atom stereocenters. The molecule has 1 N–H and O–H groups in total. The lowest BCUT2D eigenvalue weighted by Crippen LogP contribution is -3.13. The summed E-state index contributed by atoms with van der Waals surface area (Å²) in [5.74, 6) is 0.867. The van der Waals surface area contributed by atoms with Gasteiger partial charge < -0.3 is 9.64 Å². The minimum atomic E-state index is -3.03. The molecule has 0 aliphatic carbocycles. The molecule has 2 rings (SSSR count). The van der Waals surface area contributed by atoms with Crippen LogP contribution in [0.5, 0.6) is 5.75 Å². The van der Waals surface area contributed by atoms with Crippen LogP contribution in [0.4, 0.5) is 0 Å². The normalized spacial score (nSPS) is 18.4. The van der Waals surface area contributed by atoms with Gasteiger partial charge in [0.2, 0.25) is 10.0 Å². The molecular weight excluding hydrogens is 264 g/mol. The Bertz CT molecular complexity index is 522. The second-order valence-corrected chi connectivity index (χ2v) is 6.92. The van der Waals surface area contributed by atoms with Crippen LogP contribution in [0.3, 0.4) is 0 Å². The Morgan fingerprint density at radius 2 is 2.00 bits per heavy atom. The van der Waals surface area contributed by atoms with Crippen molar-refractivity contribution >= 4 is 10.0 Å². The Kier molecular flexibility index (Phi) is 4.44. The van der Waals surface area contributed by atoms with Crippen LogP contribution in [-0.4, -0.2) is 52.3 Å².